The van der Waals surface area contributed by atoms with Crippen molar-refractivity contribution in [1.29, 1.82) is 0 Å². The first-order valence-electron chi connectivity index (χ1n) is 8.48. The molecule has 1 aliphatic heterocycles. The van der Waals surface area contributed by atoms with Gasteiger partial charge in [0.25, 0.3) is 0 Å². The Kier molecular flexibility index (Phi) is 5.63. The third kappa shape index (κ3) is 4.26. The molecule has 0 spiro atoms. The zero-order valence-electron chi connectivity index (χ0n) is 14.3. The SMILES string of the molecule is Nc1cccc2c1CCCN2C(=O)CNC(=O)NCc1ccc(Cl)cc1. The number of halogens is 1. The Balaban J connectivity index is 1.52. The van der Waals surface area contributed by atoms with E-state index in [1.807, 2.05) is 30.3 Å². The summed E-state index contributed by atoms with van der Waals surface area (Å²) < 4.78 is 0. The lowest BCUT2D eigenvalue weighted by Crippen LogP contribution is -2.45. The molecule has 1 aliphatic rings. The first kappa shape index (κ1) is 18.1. The summed E-state index contributed by atoms with van der Waals surface area (Å²) in [6, 6.07) is 12.4. The number of rotatable bonds is 4. The number of hydrogen-bond acceptors (Lipinski definition) is 3. The van der Waals surface area contributed by atoms with Crippen LogP contribution in [0.1, 0.15) is 17.5 Å². The van der Waals surface area contributed by atoms with Crippen LogP contribution in [0.4, 0.5) is 16.2 Å². The maximum atomic E-state index is 12.5. The zero-order chi connectivity index (χ0) is 18.5. The fourth-order valence-electron chi connectivity index (χ4n) is 3.01. The lowest BCUT2D eigenvalue weighted by atomic mass is 10.00. The molecule has 0 aliphatic carbocycles. The summed E-state index contributed by atoms with van der Waals surface area (Å²) in [5.41, 5.74) is 9.47. The van der Waals surface area contributed by atoms with Crippen molar-refractivity contribution in [3.63, 3.8) is 0 Å². The molecule has 0 atom stereocenters. The van der Waals surface area contributed by atoms with Gasteiger partial charge in [0, 0.05) is 29.5 Å². The van der Waals surface area contributed by atoms with Crippen LogP contribution in [0.15, 0.2) is 42.5 Å². The second kappa shape index (κ2) is 8.10. The molecule has 136 valence electrons. The predicted molar refractivity (Wildman–Crippen MR) is 103 cm³/mol. The average molecular weight is 373 g/mol. The van der Waals surface area contributed by atoms with Crippen LogP contribution >= 0.6 is 11.6 Å². The number of amides is 3. The van der Waals surface area contributed by atoms with Gasteiger partial charge in [0.15, 0.2) is 0 Å². The Hall–Kier alpha value is -2.73. The number of hydrogen-bond donors (Lipinski definition) is 3. The molecule has 4 N–H and O–H groups in total. The van der Waals surface area contributed by atoms with Crippen molar-refractivity contribution in [2.24, 2.45) is 0 Å². The third-order valence-electron chi connectivity index (χ3n) is 4.35. The standard InChI is InChI=1S/C19H21ClN4O2/c20-14-8-6-13(7-9-14)11-22-19(26)23-12-18(25)24-10-2-3-15-16(21)4-1-5-17(15)24/h1,4-9H,2-3,10-12,21H2,(H2,22,23,26). The highest BCUT2D eigenvalue weighted by atomic mass is 35.5. The minimum Gasteiger partial charge on any atom is -0.398 e. The van der Waals surface area contributed by atoms with Gasteiger partial charge < -0.3 is 21.3 Å². The van der Waals surface area contributed by atoms with E-state index >= 15 is 0 Å². The number of nitrogens with one attached hydrogen (secondary N) is 2. The Morgan fingerprint density at radius 1 is 1.12 bits per heavy atom. The average Bonchev–Trinajstić information content (AvgIpc) is 2.65. The molecule has 0 bridgehead atoms. The maximum absolute atomic E-state index is 12.5. The number of carbonyl (C=O) groups excluding carboxylic acids is 2. The summed E-state index contributed by atoms with van der Waals surface area (Å²) >= 11 is 5.83. The van der Waals surface area contributed by atoms with Crippen LogP contribution in [0.3, 0.4) is 0 Å². The monoisotopic (exact) mass is 372 g/mol. The second-order valence-electron chi connectivity index (χ2n) is 6.16. The molecule has 1 heterocycles. The van der Waals surface area contributed by atoms with Crippen LogP contribution in [0.2, 0.25) is 5.02 Å². The summed E-state index contributed by atoms with van der Waals surface area (Å²) in [6.45, 7) is 0.921. The molecule has 2 aromatic rings. The Labute approximate surface area is 157 Å². The molecule has 3 amide bonds. The Bertz CT molecular complexity index is 808. The summed E-state index contributed by atoms with van der Waals surface area (Å²) in [4.78, 5) is 26.1. The van der Waals surface area contributed by atoms with E-state index in [-0.39, 0.29) is 12.5 Å². The number of carbonyl (C=O) groups is 2. The number of anilines is 2. The molecule has 3 rings (SSSR count). The number of urea groups is 1. The Morgan fingerprint density at radius 3 is 2.65 bits per heavy atom. The highest BCUT2D eigenvalue weighted by Gasteiger charge is 2.23. The fourth-order valence-corrected chi connectivity index (χ4v) is 3.14. The maximum Gasteiger partial charge on any atom is 0.315 e. The largest absolute Gasteiger partial charge is 0.398 e. The number of nitrogens with two attached hydrogens (primary N) is 1. The molecule has 0 aromatic heterocycles. The molecule has 0 unspecified atom stereocenters. The molecular weight excluding hydrogens is 352 g/mol. The van der Waals surface area contributed by atoms with Crippen LogP contribution in [-0.4, -0.2) is 25.0 Å². The molecule has 26 heavy (non-hydrogen) atoms. The van der Waals surface area contributed by atoms with E-state index in [0.29, 0.717) is 23.8 Å². The van der Waals surface area contributed by atoms with Crippen molar-refractivity contribution in [2.75, 3.05) is 23.7 Å². The van der Waals surface area contributed by atoms with E-state index in [4.69, 9.17) is 17.3 Å². The van der Waals surface area contributed by atoms with E-state index in [1.165, 1.54) is 0 Å². The molecule has 0 fully saturated rings. The molecule has 6 nitrogen and oxygen atoms in total. The van der Waals surface area contributed by atoms with Crippen LogP contribution in [0, 0.1) is 0 Å². The van der Waals surface area contributed by atoms with Gasteiger partial charge in [0.1, 0.15) is 0 Å². The van der Waals surface area contributed by atoms with Crippen molar-refractivity contribution in [3.8, 4) is 0 Å². The first-order chi connectivity index (χ1) is 12.5. The molecule has 0 saturated carbocycles. The fraction of sp³-hybridized carbons (Fsp3) is 0.263. The van der Waals surface area contributed by atoms with Crippen LogP contribution < -0.4 is 21.3 Å². The van der Waals surface area contributed by atoms with Crippen LogP contribution in [0.25, 0.3) is 0 Å². The van der Waals surface area contributed by atoms with Crippen molar-refractivity contribution < 1.29 is 9.59 Å². The number of nitrogen functional groups attached to an aromatic ring is 1. The molecular formula is C19H21ClN4O2. The molecule has 0 radical (unpaired) electrons. The highest BCUT2D eigenvalue weighted by molar-refractivity contribution is 6.30. The van der Waals surface area contributed by atoms with Crippen LogP contribution in [-0.2, 0) is 17.8 Å². The molecule has 0 saturated heterocycles. The van der Waals surface area contributed by atoms with E-state index in [2.05, 4.69) is 10.6 Å². The minimum absolute atomic E-state index is 0.0688. The molecule has 2 aromatic carbocycles. The number of benzene rings is 2. The van der Waals surface area contributed by atoms with Gasteiger partial charge in [-0.15, -0.1) is 0 Å². The first-order valence-corrected chi connectivity index (χ1v) is 8.86. The number of fused-ring (bicyclic) bond motifs is 1. The van der Waals surface area contributed by atoms with Gasteiger partial charge in [-0.3, -0.25) is 4.79 Å². The number of nitrogens with zero attached hydrogens (tertiary/aromatic N) is 1. The topological polar surface area (TPSA) is 87.5 Å². The van der Waals surface area contributed by atoms with Crippen molar-refractivity contribution in [3.05, 3.63) is 58.6 Å². The summed E-state index contributed by atoms with van der Waals surface area (Å²) in [6.07, 6.45) is 1.72. The van der Waals surface area contributed by atoms with Crippen molar-refractivity contribution in [2.45, 2.75) is 19.4 Å². The Morgan fingerprint density at radius 2 is 1.88 bits per heavy atom. The summed E-state index contributed by atoms with van der Waals surface area (Å²) in [5.74, 6) is -0.154. The van der Waals surface area contributed by atoms with Gasteiger partial charge in [-0.05, 0) is 48.2 Å². The smallest absolute Gasteiger partial charge is 0.315 e. The van der Waals surface area contributed by atoms with E-state index in [0.717, 1.165) is 29.7 Å². The predicted octanol–water partition coefficient (Wildman–Crippen LogP) is 2.70. The van der Waals surface area contributed by atoms with Crippen molar-refractivity contribution in [1.82, 2.24) is 10.6 Å². The van der Waals surface area contributed by atoms with E-state index < -0.39 is 6.03 Å². The lowest BCUT2D eigenvalue weighted by Gasteiger charge is -2.30. The highest BCUT2D eigenvalue weighted by Crippen LogP contribution is 2.31. The second-order valence-corrected chi connectivity index (χ2v) is 6.59. The van der Waals surface area contributed by atoms with Crippen LogP contribution in [0.5, 0.6) is 0 Å². The van der Waals surface area contributed by atoms with Gasteiger partial charge in [-0.25, -0.2) is 4.79 Å². The lowest BCUT2D eigenvalue weighted by molar-refractivity contribution is -0.117. The zero-order valence-corrected chi connectivity index (χ0v) is 15.1. The van der Waals surface area contributed by atoms with Gasteiger partial charge in [0.2, 0.25) is 5.91 Å². The van der Waals surface area contributed by atoms with Gasteiger partial charge in [-0.1, -0.05) is 29.8 Å². The van der Waals surface area contributed by atoms with Crippen molar-refractivity contribution >= 4 is 34.9 Å². The summed E-state index contributed by atoms with van der Waals surface area (Å²) in [5, 5.41) is 5.97. The minimum atomic E-state index is -0.391. The van der Waals surface area contributed by atoms with Gasteiger partial charge in [-0.2, -0.15) is 0 Å². The van der Waals surface area contributed by atoms with E-state index in [1.54, 1.807) is 17.0 Å². The quantitative estimate of drug-likeness (QED) is 0.721. The third-order valence-corrected chi connectivity index (χ3v) is 4.61. The van der Waals surface area contributed by atoms with Gasteiger partial charge >= 0.3 is 6.03 Å². The molecule has 7 heteroatoms. The summed E-state index contributed by atoms with van der Waals surface area (Å²) in [7, 11) is 0. The van der Waals surface area contributed by atoms with E-state index in [9.17, 15) is 9.59 Å². The normalized spacial score (nSPS) is 13.0. The van der Waals surface area contributed by atoms with Gasteiger partial charge in [0.05, 0.1) is 6.54 Å².